The number of hydrogen-bond acceptors (Lipinski definition) is 4. The molecule has 1 aromatic heterocycles. The Labute approximate surface area is 154 Å². The molecule has 138 valence electrons. The van der Waals surface area contributed by atoms with Crippen molar-refractivity contribution < 1.29 is 13.2 Å². The zero-order valence-electron chi connectivity index (χ0n) is 14.8. The van der Waals surface area contributed by atoms with Gasteiger partial charge in [0.2, 0.25) is 15.9 Å². The summed E-state index contributed by atoms with van der Waals surface area (Å²) in [5, 5.41) is 0. The van der Waals surface area contributed by atoms with E-state index in [4.69, 9.17) is 0 Å². The second kappa shape index (κ2) is 7.97. The number of carbonyl (C=O) groups is 1. The number of amides is 1. The fourth-order valence-electron chi connectivity index (χ4n) is 3.26. The number of sulfonamides is 1. The van der Waals surface area contributed by atoms with Gasteiger partial charge in [-0.05, 0) is 24.1 Å². The SMILES string of the molecule is CCC(C(=O)N1CCN(S(=O)(=O)c2cccnc2)CC1)c1ccccc1. The Morgan fingerprint density at radius 2 is 1.77 bits per heavy atom. The lowest BCUT2D eigenvalue weighted by Gasteiger charge is -2.35. The number of nitrogens with zero attached hydrogens (tertiary/aromatic N) is 3. The molecule has 0 spiro atoms. The number of hydrogen-bond donors (Lipinski definition) is 0. The van der Waals surface area contributed by atoms with E-state index >= 15 is 0 Å². The highest BCUT2D eigenvalue weighted by Gasteiger charge is 2.32. The molecule has 1 aromatic carbocycles. The van der Waals surface area contributed by atoms with Crippen LogP contribution < -0.4 is 0 Å². The molecule has 6 nitrogen and oxygen atoms in total. The molecule has 2 aromatic rings. The van der Waals surface area contributed by atoms with E-state index < -0.39 is 10.0 Å². The summed E-state index contributed by atoms with van der Waals surface area (Å²) in [6, 6.07) is 12.9. The lowest BCUT2D eigenvalue weighted by atomic mass is 9.95. The fraction of sp³-hybridized carbons (Fsp3) is 0.368. The van der Waals surface area contributed by atoms with Crippen molar-refractivity contribution in [2.75, 3.05) is 26.2 Å². The standard InChI is InChI=1S/C19H23N3O3S/c1-2-18(16-7-4-3-5-8-16)19(23)21-11-13-22(14-12-21)26(24,25)17-9-6-10-20-15-17/h3-10,15,18H,2,11-14H2,1H3. The molecule has 1 unspecified atom stereocenters. The summed E-state index contributed by atoms with van der Waals surface area (Å²) in [7, 11) is -3.56. The first-order chi connectivity index (χ1) is 12.5. The van der Waals surface area contributed by atoms with Crippen LogP contribution in [0.4, 0.5) is 0 Å². The maximum Gasteiger partial charge on any atom is 0.244 e. The summed E-state index contributed by atoms with van der Waals surface area (Å²) >= 11 is 0. The average Bonchev–Trinajstić information content (AvgIpc) is 2.70. The van der Waals surface area contributed by atoms with E-state index in [1.54, 1.807) is 23.2 Å². The van der Waals surface area contributed by atoms with Gasteiger partial charge >= 0.3 is 0 Å². The Hall–Kier alpha value is -2.25. The molecule has 3 rings (SSSR count). The minimum atomic E-state index is -3.56. The summed E-state index contributed by atoms with van der Waals surface area (Å²) in [6.07, 6.45) is 3.62. The predicted molar refractivity (Wildman–Crippen MR) is 99.0 cm³/mol. The van der Waals surface area contributed by atoms with Crippen molar-refractivity contribution >= 4 is 15.9 Å². The molecule has 26 heavy (non-hydrogen) atoms. The Morgan fingerprint density at radius 3 is 2.35 bits per heavy atom. The molecule has 1 saturated heterocycles. The molecule has 1 amide bonds. The van der Waals surface area contributed by atoms with Crippen LogP contribution in [-0.2, 0) is 14.8 Å². The number of piperazine rings is 1. The Balaban J connectivity index is 1.67. The Kier molecular flexibility index (Phi) is 5.68. The molecule has 1 atom stereocenters. The van der Waals surface area contributed by atoms with Gasteiger partial charge in [-0.3, -0.25) is 9.78 Å². The minimum Gasteiger partial charge on any atom is -0.340 e. The van der Waals surface area contributed by atoms with E-state index in [-0.39, 0.29) is 16.7 Å². The first-order valence-corrected chi connectivity index (χ1v) is 10.2. The Morgan fingerprint density at radius 1 is 1.08 bits per heavy atom. The first kappa shape index (κ1) is 18.5. The van der Waals surface area contributed by atoms with Gasteiger partial charge in [-0.25, -0.2) is 8.42 Å². The zero-order valence-corrected chi connectivity index (χ0v) is 15.6. The summed E-state index contributed by atoms with van der Waals surface area (Å²) in [5.74, 6) is -0.116. The van der Waals surface area contributed by atoms with Crippen molar-refractivity contribution in [2.24, 2.45) is 0 Å². The van der Waals surface area contributed by atoms with Gasteiger partial charge in [0.05, 0.1) is 5.92 Å². The highest BCUT2D eigenvalue weighted by molar-refractivity contribution is 7.89. The third-order valence-corrected chi connectivity index (χ3v) is 6.61. The van der Waals surface area contributed by atoms with Gasteiger partial charge in [-0.1, -0.05) is 37.3 Å². The smallest absolute Gasteiger partial charge is 0.244 e. The second-order valence-corrected chi connectivity index (χ2v) is 8.23. The van der Waals surface area contributed by atoms with Crippen LogP contribution in [0.15, 0.2) is 59.8 Å². The topological polar surface area (TPSA) is 70.6 Å². The van der Waals surface area contributed by atoms with Crippen molar-refractivity contribution in [3.63, 3.8) is 0 Å². The number of rotatable bonds is 5. The van der Waals surface area contributed by atoms with Crippen molar-refractivity contribution in [2.45, 2.75) is 24.2 Å². The zero-order chi connectivity index (χ0) is 18.6. The summed E-state index contributed by atoms with van der Waals surface area (Å²) in [5.41, 5.74) is 1.01. The minimum absolute atomic E-state index is 0.0668. The van der Waals surface area contributed by atoms with Crippen LogP contribution in [0.25, 0.3) is 0 Å². The highest BCUT2D eigenvalue weighted by Crippen LogP contribution is 2.24. The molecule has 0 saturated carbocycles. The van der Waals surface area contributed by atoms with Gasteiger partial charge in [0, 0.05) is 38.6 Å². The monoisotopic (exact) mass is 373 g/mol. The van der Waals surface area contributed by atoms with E-state index in [9.17, 15) is 13.2 Å². The van der Waals surface area contributed by atoms with E-state index in [2.05, 4.69) is 4.98 Å². The molecular formula is C19H23N3O3S. The first-order valence-electron chi connectivity index (χ1n) is 8.78. The highest BCUT2D eigenvalue weighted by atomic mass is 32.2. The van der Waals surface area contributed by atoms with Crippen LogP contribution in [0.1, 0.15) is 24.8 Å². The average molecular weight is 373 g/mol. The summed E-state index contributed by atoms with van der Waals surface area (Å²) < 4.78 is 26.7. The van der Waals surface area contributed by atoms with Gasteiger partial charge in [-0.15, -0.1) is 0 Å². The molecule has 1 fully saturated rings. The molecule has 1 aliphatic rings. The van der Waals surface area contributed by atoms with Crippen molar-refractivity contribution in [3.05, 3.63) is 60.4 Å². The maximum absolute atomic E-state index is 12.9. The van der Waals surface area contributed by atoms with E-state index in [0.29, 0.717) is 26.2 Å². The lowest BCUT2D eigenvalue weighted by Crippen LogP contribution is -2.51. The molecule has 2 heterocycles. The van der Waals surface area contributed by atoms with Gasteiger partial charge in [0.25, 0.3) is 0 Å². The molecular weight excluding hydrogens is 350 g/mol. The lowest BCUT2D eigenvalue weighted by molar-refractivity contribution is -0.134. The van der Waals surface area contributed by atoms with Crippen molar-refractivity contribution in [1.82, 2.24) is 14.2 Å². The summed E-state index contributed by atoms with van der Waals surface area (Å²) in [6.45, 7) is 3.41. The number of aromatic nitrogens is 1. The van der Waals surface area contributed by atoms with Crippen molar-refractivity contribution in [3.8, 4) is 0 Å². The quantitative estimate of drug-likeness (QED) is 0.805. The van der Waals surface area contributed by atoms with Crippen LogP contribution in [0.5, 0.6) is 0 Å². The van der Waals surface area contributed by atoms with Crippen LogP contribution in [0, 0.1) is 0 Å². The van der Waals surface area contributed by atoms with Crippen LogP contribution in [0.2, 0.25) is 0 Å². The van der Waals surface area contributed by atoms with Crippen LogP contribution >= 0.6 is 0 Å². The fourth-order valence-corrected chi connectivity index (χ4v) is 4.64. The number of benzene rings is 1. The Bertz CT molecular complexity index is 833. The third kappa shape index (κ3) is 3.78. The van der Waals surface area contributed by atoms with E-state index in [0.717, 1.165) is 12.0 Å². The molecule has 0 radical (unpaired) electrons. The molecule has 1 aliphatic heterocycles. The second-order valence-electron chi connectivity index (χ2n) is 6.29. The predicted octanol–water partition coefficient (Wildman–Crippen LogP) is 2.11. The largest absolute Gasteiger partial charge is 0.340 e. The molecule has 7 heteroatoms. The van der Waals surface area contributed by atoms with Gasteiger partial charge < -0.3 is 4.90 Å². The van der Waals surface area contributed by atoms with Crippen LogP contribution in [-0.4, -0.2) is 54.7 Å². The molecule has 0 N–H and O–H groups in total. The maximum atomic E-state index is 12.9. The van der Waals surface area contributed by atoms with Gasteiger partial charge in [0.15, 0.2) is 0 Å². The van der Waals surface area contributed by atoms with Crippen LogP contribution in [0.3, 0.4) is 0 Å². The van der Waals surface area contributed by atoms with Gasteiger partial charge in [-0.2, -0.15) is 4.31 Å². The summed E-state index contributed by atoms with van der Waals surface area (Å²) in [4.78, 5) is 18.8. The number of pyridine rings is 1. The van der Waals surface area contributed by atoms with Crippen molar-refractivity contribution in [1.29, 1.82) is 0 Å². The van der Waals surface area contributed by atoms with E-state index in [1.165, 1.54) is 10.5 Å². The molecule has 0 aliphatic carbocycles. The van der Waals surface area contributed by atoms with E-state index in [1.807, 2.05) is 37.3 Å². The molecule has 0 bridgehead atoms. The van der Waals surface area contributed by atoms with Gasteiger partial charge in [0.1, 0.15) is 4.90 Å². The third-order valence-electron chi connectivity index (χ3n) is 4.73. The number of carbonyl (C=O) groups excluding carboxylic acids is 1. The normalized spacial score (nSPS) is 17.0.